The molecule has 0 saturated carbocycles. The molecule has 7 rings (SSSR count). The van der Waals surface area contributed by atoms with Crippen LogP contribution in [0.2, 0.25) is 0 Å². The number of nitrogens with zero attached hydrogens (tertiary/aromatic N) is 7. The lowest BCUT2D eigenvalue weighted by Gasteiger charge is -2.27. The van der Waals surface area contributed by atoms with Crippen molar-refractivity contribution in [3.8, 4) is 22.7 Å². The summed E-state index contributed by atoms with van der Waals surface area (Å²) in [6.07, 6.45) is 0.267. The number of rotatable bonds is 11. The molecule has 0 N–H and O–H groups in total. The fraction of sp³-hybridized carbons (Fsp3) is 0.310. The molecule has 1 aliphatic rings. The van der Waals surface area contributed by atoms with Gasteiger partial charge in [-0.3, -0.25) is 19.1 Å². The highest BCUT2D eigenvalue weighted by molar-refractivity contribution is 6.08. The van der Waals surface area contributed by atoms with Crippen LogP contribution < -0.4 is 9.64 Å². The van der Waals surface area contributed by atoms with Gasteiger partial charge in [0.05, 0.1) is 36.3 Å². The van der Waals surface area contributed by atoms with Crippen LogP contribution in [0.4, 0.5) is 23.5 Å². The van der Waals surface area contributed by atoms with Gasteiger partial charge < -0.3 is 14.4 Å². The molecule has 0 fully saturated rings. The number of alkyl halides is 3. The summed E-state index contributed by atoms with van der Waals surface area (Å²) >= 11 is 0. The fourth-order valence-corrected chi connectivity index (χ4v) is 7.37. The van der Waals surface area contributed by atoms with Gasteiger partial charge in [-0.2, -0.15) is 18.3 Å². The first-order valence-corrected chi connectivity index (χ1v) is 18.5. The molecule has 3 aromatic carbocycles. The van der Waals surface area contributed by atoms with Gasteiger partial charge in [0.2, 0.25) is 5.95 Å². The number of fused-ring (bicyclic) bond motifs is 2. The number of esters is 1. The minimum absolute atomic E-state index is 0.0650. The largest absolute Gasteiger partial charge is 0.492 e. The number of carbonyl (C=O) groups is 2. The quantitative estimate of drug-likeness (QED) is 0.0980. The van der Waals surface area contributed by atoms with Crippen molar-refractivity contribution in [1.82, 2.24) is 29.2 Å². The molecular formula is C42H41F4N7O4. The van der Waals surface area contributed by atoms with Crippen molar-refractivity contribution in [2.24, 2.45) is 0 Å². The molecule has 0 saturated heterocycles. The maximum absolute atomic E-state index is 16.6. The maximum atomic E-state index is 16.6. The monoisotopic (exact) mass is 783 g/mol. The molecule has 0 aliphatic carbocycles. The van der Waals surface area contributed by atoms with Crippen LogP contribution in [0.5, 0.6) is 5.75 Å². The number of aryl methyl sites for hydroxylation is 2. The lowest BCUT2D eigenvalue weighted by atomic mass is 9.97. The van der Waals surface area contributed by atoms with Crippen molar-refractivity contribution in [3.05, 3.63) is 118 Å². The van der Waals surface area contributed by atoms with Gasteiger partial charge in [-0.15, -0.1) is 0 Å². The van der Waals surface area contributed by atoms with Crippen molar-refractivity contribution >= 4 is 28.7 Å². The minimum Gasteiger partial charge on any atom is -0.492 e. The van der Waals surface area contributed by atoms with Gasteiger partial charge in [-0.05, 0) is 56.3 Å². The molecule has 0 spiro atoms. The molecule has 15 heteroatoms. The van der Waals surface area contributed by atoms with E-state index in [2.05, 4.69) is 9.97 Å². The summed E-state index contributed by atoms with van der Waals surface area (Å²) in [5.74, 6) is -1.71. The van der Waals surface area contributed by atoms with Gasteiger partial charge in [0.1, 0.15) is 12.1 Å². The third kappa shape index (κ3) is 7.46. The highest BCUT2D eigenvalue weighted by Crippen LogP contribution is 2.43. The number of para-hydroxylation sites is 1. The van der Waals surface area contributed by atoms with Crippen LogP contribution in [0.25, 0.3) is 27.8 Å². The van der Waals surface area contributed by atoms with Gasteiger partial charge in [-0.1, -0.05) is 50.2 Å². The zero-order chi connectivity index (χ0) is 40.6. The lowest BCUT2D eigenvalue weighted by Crippen LogP contribution is -2.31. The van der Waals surface area contributed by atoms with E-state index in [1.54, 1.807) is 60.4 Å². The van der Waals surface area contributed by atoms with E-state index in [1.165, 1.54) is 17.7 Å². The van der Waals surface area contributed by atoms with Crippen LogP contribution in [0.3, 0.4) is 0 Å². The molecule has 3 aromatic heterocycles. The summed E-state index contributed by atoms with van der Waals surface area (Å²) in [7, 11) is 4.82. The molecule has 11 nitrogen and oxygen atoms in total. The molecule has 6 aromatic rings. The summed E-state index contributed by atoms with van der Waals surface area (Å²) in [4.78, 5) is 38.4. The second kappa shape index (κ2) is 15.8. The Kier molecular flexibility index (Phi) is 10.9. The Morgan fingerprint density at radius 3 is 2.28 bits per heavy atom. The van der Waals surface area contributed by atoms with Crippen molar-refractivity contribution in [2.45, 2.75) is 52.4 Å². The highest BCUT2D eigenvalue weighted by atomic mass is 19.4. The summed E-state index contributed by atoms with van der Waals surface area (Å²) in [5, 5.41) is 5.65. The third-order valence-corrected chi connectivity index (χ3v) is 10.1. The lowest BCUT2D eigenvalue weighted by molar-refractivity contribution is -0.145. The Bertz CT molecular complexity index is 2450. The molecule has 296 valence electrons. The number of aromatic nitrogens is 5. The zero-order valence-electron chi connectivity index (χ0n) is 32.2. The van der Waals surface area contributed by atoms with Crippen LogP contribution in [-0.2, 0) is 48.1 Å². The number of ether oxygens (including phenoxy) is 2. The Morgan fingerprint density at radius 2 is 1.63 bits per heavy atom. The number of methoxy groups -OCH3 is 1. The molecule has 0 unspecified atom stereocenters. The molecule has 1 aliphatic heterocycles. The molecule has 0 bridgehead atoms. The summed E-state index contributed by atoms with van der Waals surface area (Å²) in [6.45, 7) is 4.56. The van der Waals surface area contributed by atoms with E-state index < -0.39 is 29.4 Å². The number of anilines is 1. The average molecular weight is 784 g/mol. The van der Waals surface area contributed by atoms with E-state index in [9.17, 15) is 22.8 Å². The Balaban J connectivity index is 1.41. The molecular weight excluding hydrogens is 742 g/mol. The Labute approximate surface area is 326 Å². The Hall–Kier alpha value is -6.09. The SMILES string of the molecule is CCc1cccc(CC)c1-n1nc2c(c1-c1cc(F)c(OC)c3c1ccn3C(=O)c1ccccc1COC(=O)CN(C)C)CN(c1ncc(C(F)(F)F)cn1)CC2. The minimum atomic E-state index is -4.59. The van der Waals surface area contributed by atoms with Gasteiger partial charge in [0.25, 0.3) is 5.91 Å². The molecule has 0 atom stereocenters. The van der Waals surface area contributed by atoms with E-state index in [0.717, 1.165) is 34.9 Å². The second-order valence-electron chi connectivity index (χ2n) is 14.0. The third-order valence-electron chi connectivity index (χ3n) is 10.1. The van der Waals surface area contributed by atoms with Gasteiger partial charge >= 0.3 is 12.1 Å². The van der Waals surface area contributed by atoms with E-state index >= 15 is 4.39 Å². The van der Waals surface area contributed by atoms with E-state index in [1.807, 2.05) is 36.7 Å². The first kappa shape index (κ1) is 39.2. The normalized spacial score (nSPS) is 13.0. The zero-order valence-corrected chi connectivity index (χ0v) is 32.2. The van der Waals surface area contributed by atoms with Gasteiger partial charge in [-0.25, -0.2) is 19.0 Å². The first-order chi connectivity index (χ1) is 27.3. The van der Waals surface area contributed by atoms with Crippen LogP contribution in [0.15, 0.2) is 73.2 Å². The van der Waals surface area contributed by atoms with Gasteiger partial charge in [0, 0.05) is 65.7 Å². The van der Waals surface area contributed by atoms with Crippen molar-refractivity contribution in [1.29, 1.82) is 0 Å². The van der Waals surface area contributed by atoms with E-state index in [-0.39, 0.29) is 42.5 Å². The van der Waals surface area contributed by atoms with Gasteiger partial charge in [0.15, 0.2) is 11.6 Å². The Morgan fingerprint density at radius 1 is 0.947 bits per heavy atom. The van der Waals surface area contributed by atoms with Crippen molar-refractivity contribution in [3.63, 3.8) is 0 Å². The molecule has 57 heavy (non-hydrogen) atoms. The number of halogens is 4. The number of hydrogen-bond donors (Lipinski definition) is 0. The topological polar surface area (TPSA) is 108 Å². The second-order valence-corrected chi connectivity index (χ2v) is 14.0. The summed E-state index contributed by atoms with van der Waals surface area (Å²) < 4.78 is 71.0. The number of carbonyl (C=O) groups excluding carboxylic acids is 2. The highest BCUT2D eigenvalue weighted by Gasteiger charge is 2.34. The predicted octanol–water partition coefficient (Wildman–Crippen LogP) is 7.43. The van der Waals surface area contributed by atoms with E-state index in [4.69, 9.17) is 14.6 Å². The number of hydrogen-bond acceptors (Lipinski definition) is 9. The molecule has 0 radical (unpaired) electrons. The van der Waals surface area contributed by atoms with Crippen LogP contribution in [0, 0.1) is 5.82 Å². The van der Waals surface area contributed by atoms with E-state index in [0.29, 0.717) is 53.6 Å². The standard InChI is InChI=1S/C42H41F4N7O4/c1-6-25-12-10-13-26(7-2)36(25)53-37(32-22-51(17-16-34(32)49-53)41-47-20-28(21-48-41)42(44,45)46)31-19-33(43)39(56-5)38-30(31)15-18-52(38)40(55)29-14-9-8-11-27(29)24-57-35(54)23-50(3)4/h8-15,18-21H,6-7,16-17,22-24H2,1-5H3. The van der Waals surface area contributed by atoms with Crippen LogP contribution in [0.1, 0.15) is 57.7 Å². The summed E-state index contributed by atoms with van der Waals surface area (Å²) in [6, 6.07) is 15.9. The first-order valence-electron chi connectivity index (χ1n) is 18.5. The summed E-state index contributed by atoms with van der Waals surface area (Å²) in [5.41, 5.74) is 5.25. The van der Waals surface area contributed by atoms with Crippen molar-refractivity contribution in [2.75, 3.05) is 39.2 Å². The predicted molar refractivity (Wildman–Crippen MR) is 206 cm³/mol. The smallest absolute Gasteiger partial charge is 0.419 e. The average Bonchev–Trinajstić information content (AvgIpc) is 3.81. The maximum Gasteiger partial charge on any atom is 0.419 e. The number of likely N-dealkylation sites (N-methyl/N-ethyl adjacent to an activating group) is 1. The number of benzene rings is 3. The molecule has 4 heterocycles. The van der Waals surface area contributed by atoms with Crippen LogP contribution in [-0.4, -0.2) is 75.4 Å². The van der Waals surface area contributed by atoms with Crippen LogP contribution >= 0.6 is 0 Å². The molecule has 0 amide bonds. The fourth-order valence-electron chi connectivity index (χ4n) is 7.37. The van der Waals surface area contributed by atoms with Crippen molar-refractivity contribution < 1.29 is 36.6 Å².